The number of aryl methyl sites for hydroxylation is 1. The van der Waals surface area contributed by atoms with Crippen molar-refractivity contribution < 1.29 is 8.62 Å². The Kier molecular flexibility index (Phi) is 3.93. The molecule has 70 valence electrons. The van der Waals surface area contributed by atoms with Crippen LogP contribution in [0.4, 0.5) is 0 Å². The minimum absolute atomic E-state index is 0.362. The summed E-state index contributed by atoms with van der Waals surface area (Å²) in [5.41, 5.74) is 2.64. The first-order valence-corrected chi connectivity index (χ1v) is 5.44. The monoisotopic (exact) mass is 306 g/mol. The Morgan fingerprint density at radius 3 is 2.69 bits per heavy atom. The van der Waals surface area contributed by atoms with Crippen LogP contribution in [0.15, 0.2) is 18.2 Å². The Morgan fingerprint density at radius 1 is 1.54 bits per heavy atom. The van der Waals surface area contributed by atoms with Crippen LogP contribution in [0.5, 0.6) is 0 Å². The second-order valence-electron chi connectivity index (χ2n) is 2.65. The maximum Gasteiger partial charge on any atom is 0.349 e. The molecule has 0 aliphatic carbocycles. The molecule has 0 radical (unpaired) electrons. The lowest BCUT2D eigenvalue weighted by Crippen LogP contribution is -2.01. The van der Waals surface area contributed by atoms with Gasteiger partial charge in [-0.1, -0.05) is 28.1 Å². The van der Waals surface area contributed by atoms with E-state index in [1.807, 2.05) is 19.1 Å². The Balaban J connectivity index is 3.05. The van der Waals surface area contributed by atoms with Crippen LogP contribution in [-0.2, 0) is 9.16 Å². The van der Waals surface area contributed by atoms with Crippen molar-refractivity contribution in [2.24, 2.45) is 0 Å². The molecule has 0 atom stereocenters. The topological polar surface area (TPSA) is 26.3 Å². The molecule has 0 N–H and O–H groups in total. The third kappa shape index (κ3) is 2.54. The number of carbonyl (C=O) groups excluding carboxylic acids is 1. The van der Waals surface area contributed by atoms with Crippen LogP contribution in [0.1, 0.15) is 21.5 Å². The van der Waals surface area contributed by atoms with Crippen molar-refractivity contribution in [1.82, 2.24) is 0 Å². The normalized spacial score (nSPS) is 9.77. The van der Waals surface area contributed by atoms with Gasteiger partial charge in [0.25, 0.3) is 0 Å². The molecule has 1 aromatic rings. The molecular weight excluding hydrogens is 300 g/mol. The van der Waals surface area contributed by atoms with Gasteiger partial charge in [0.15, 0.2) is 16.3 Å². The molecule has 0 bridgehead atoms. The predicted octanol–water partition coefficient (Wildman–Crippen LogP) is 3.36. The zero-order valence-electron chi connectivity index (χ0n) is 7.01. The van der Waals surface area contributed by atoms with Gasteiger partial charge in [0.05, 0.1) is 5.56 Å². The molecule has 0 spiro atoms. The molecule has 0 aliphatic heterocycles. The lowest BCUT2D eigenvalue weighted by Gasteiger charge is -2.03. The van der Waals surface area contributed by atoms with E-state index in [1.165, 1.54) is 0 Å². The fraction of sp³-hybridized carbons (Fsp3) is 0.222. The molecule has 0 amide bonds. The summed E-state index contributed by atoms with van der Waals surface area (Å²) >= 11 is 6.01. The highest BCUT2D eigenvalue weighted by atomic mass is 79.9. The van der Waals surface area contributed by atoms with Crippen molar-refractivity contribution in [3.05, 3.63) is 34.9 Å². The second kappa shape index (κ2) is 4.77. The first-order valence-electron chi connectivity index (χ1n) is 3.67. The molecule has 13 heavy (non-hydrogen) atoms. The molecule has 2 nitrogen and oxygen atoms in total. The maximum atomic E-state index is 11.2. The zero-order valence-corrected chi connectivity index (χ0v) is 10.2. The summed E-state index contributed by atoms with van der Waals surface area (Å²) in [6, 6.07) is 5.60. The van der Waals surface area contributed by atoms with Crippen LogP contribution in [0.2, 0.25) is 0 Å². The van der Waals surface area contributed by atoms with Crippen molar-refractivity contribution in [3.8, 4) is 0 Å². The second-order valence-corrected chi connectivity index (χ2v) is 3.53. The van der Waals surface area contributed by atoms with Crippen LogP contribution in [0.3, 0.4) is 0 Å². The number of benzene rings is 1. The van der Waals surface area contributed by atoms with Gasteiger partial charge in [-0.2, -0.15) is 0 Å². The highest BCUT2D eigenvalue weighted by molar-refractivity contribution is 9.08. The summed E-state index contributed by atoms with van der Waals surface area (Å²) < 4.78 is 4.45. The van der Waals surface area contributed by atoms with Gasteiger partial charge in [0.1, 0.15) is 0 Å². The molecule has 0 fully saturated rings. The summed E-state index contributed by atoms with van der Waals surface area (Å²) in [4.78, 5) is 11.2. The number of hydrogen-bond acceptors (Lipinski definition) is 2. The van der Waals surface area contributed by atoms with E-state index in [0.717, 1.165) is 16.5 Å². The average Bonchev–Trinajstić information content (AvgIpc) is 2.16. The first kappa shape index (κ1) is 10.7. The Labute approximate surface area is 93.9 Å². The van der Waals surface area contributed by atoms with E-state index in [1.54, 1.807) is 6.07 Å². The molecule has 1 rings (SSSR count). The third-order valence-corrected chi connectivity index (χ3v) is 2.68. The zero-order chi connectivity index (χ0) is 9.84. The Hall–Kier alpha value is -0.350. The van der Waals surface area contributed by atoms with Gasteiger partial charge in [-0.15, -0.1) is 0 Å². The lowest BCUT2D eigenvalue weighted by molar-refractivity contribution is 0.0781. The van der Waals surface area contributed by atoms with Crippen molar-refractivity contribution in [2.75, 3.05) is 0 Å². The fourth-order valence-electron chi connectivity index (χ4n) is 1.08. The van der Waals surface area contributed by atoms with Gasteiger partial charge in [-0.05, 0) is 24.1 Å². The van der Waals surface area contributed by atoms with Crippen molar-refractivity contribution in [2.45, 2.75) is 12.3 Å². The first-order chi connectivity index (χ1) is 6.19. The minimum Gasteiger partial charge on any atom is -0.380 e. The van der Waals surface area contributed by atoms with Crippen molar-refractivity contribution >= 4 is 38.2 Å². The average molecular weight is 308 g/mol. The largest absolute Gasteiger partial charge is 0.380 e. The SMILES string of the molecule is Cc1cc(CBr)ccc1C(=O)OBr. The van der Waals surface area contributed by atoms with E-state index in [-0.39, 0.29) is 5.97 Å². The van der Waals surface area contributed by atoms with Crippen LogP contribution in [0, 0.1) is 6.92 Å². The van der Waals surface area contributed by atoms with Gasteiger partial charge >= 0.3 is 5.97 Å². The summed E-state index contributed by atoms with van der Waals surface area (Å²) in [7, 11) is 0. The molecule has 4 heteroatoms. The minimum atomic E-state index is -0.362. The number of rotatable bonds is 2. The van der Waals surface area contributed by atoms with Crippen molar-refractivity contribution in [3.63, 3.8) is 0 Å². The maximum absolute atomic E-state index is 11.2. The standard InChI is InChI=1S/C9H8Br2O2/c1-6-4-7(5-10)2-3-8(6)9(12)13-11/h2-4H,5H2,1H3. The van der Waals surface area contributed by atoms with E-state index in [4.69, 9.17) is 0 Å². The summed E-state index contributed by atoms with van der Waals surface area (Å²) in [6.07, 6.45) is 0. The van der Waals surface area contributed by atoms with Gasteiger partial charge in [-0.3, -0.25) is 0 Å². The summed E-state index contributed by atoms with van der Waals surface area (Å²) in [6.45, 7) is 1.88. The summed E-state index contributed by atoms with van der Waals surface area (Å²) in [5.74, 6) is -0.362. The third-order valence-electron chi connectivity index (χ3n) is 1.74. The molecule has 0 aromatic heterocycles. The van der Waals surface area contributed by atoms with E-state index in [0.29, 0.717) is 5.56 Å². The number of carbonyl (C=O) groups is 1. The molecule has 0 saturated heterocycles. The highest BCUT2D eigenvalue weighted by Crippen LogP contribution is 2.15. The summed E-state index contributed by atoms with van der Waals surface area (Å²) in [5, 5.41) is 0.789. The van der Waals surface area contributed by atoms with Crippen LogP contribution >= 0.6 is 32.2 Å². The molecule has 1 aromatic carbocycles. The Morgan fingerprint density at radius 2 is 2.23 bits per heavy atom. The van der Waals surface area contributed by atoms with E-state index >= 15 is 0 Å². The van der Waals surface area contributed by atoms with E-state index in [2.05, 4.69) is 36.0 Å². The molecule has 0 heterocycles. The Bertz CT molecular complexity index is 323. The molecule has 0 aliphatic rings. The van der Waals surface area contributed by atoms with Gasteiger partial charge in [-0.25, -0.2) is 4.79 Å². The van der Waals surface area contributed by atoms with Gasteiger partial charge in [0.2, 0.25) is 0 Å². The number of hydrogen-bond donors (Lipinski definition) is 0. The fourth-order valence-corrected chi connectivity index (χ4v) is 1.60. The van der Waals surface area contributed by atoms with Crippen LogP contribution < -0.4 is 0 Å². The van der Waals surface area contributed by atoms with Gasteiger partial charge in [0, 0.05) is 5.33 Å². The van der Waals surface area contributed by atoms with Crippen molar-refractivity contribution in [1.29, 1.82) is 0 Å². The number of halogens is 2. The smallest absolute Gasteiger partial charge is 0.349 e. The predicted molar refractivity (Wildman–Crippen MR) is 58.2 cm³/mol. The van der Waals surface area contributed by atoms with E-state index < -0.39 is 0 Å². The molecule has 0 unspecified atom stereocenters. The quantitative estimate of drug-likeness (QED) is 0.783. The highest BCUT2D eigenvalue weighted by Gasteiger charge is 2.09. The molecule has 0 saturated carbocycles. The van der Waals surface area contributed by atoms with Crippen LogP contribution in [0.25, 0.3) is 0 Å². The van der Waals surface area contributed by atoms with Crippen LogP contribution in [-0.4, -0.2) is 5.97 Å². The van der Waals surface area contributed by atoms with E-state index in [9.17, 15) is 4.79 Å². The van der Waals surface area contributed by atoms with Gasteiger partial charge < -0.3 is 3.83 Å². The molecular formula is C9H8Br2O2. The number of alkyl halides is 1. The lowest BCUT2D eigenvalue weighted by atomic mass is 10.1.